The van der Waals surface area contributed by atoms with Crippen LogP contribution in [0.4, 0.5) is 5.82 Å². The van der Waals surface area contributed by atoms with E-state index in [2.05, 4.69) is 9.88 Å². The van der Waals surface area contributed by atoms with Gasteiger partial charge in [-0.25, -0.2) is 9.78 Å². The number of carbonyl (C=O) groups excluding carboxylic acids is 1. The lowest BCUT2D eigenvalue weighted by Gasteiger charge is -2.39. The fourth-order valence-corrected chi connectivity index (χ4v) is 1.82. The smallest absolute Gasteiger partial charge is 0.356 e. The third kappa shape index (κ3) is 2.55. The largest absolute Gasteiger partial charge is 0.461 e. The lowest BCUT2D eigenvalue weighted by atomic mass is 10.0. The molecule has 0 atom stereocenters. The van der Waals surface area contributed by atoms with Crippen LogP contribution in [-0.4, -0.2) is 37.2 Å². The SMILES string of the molecule is CCOC(=O)c1cccc(N2CC(CN)C2)n1. The van der Waals surface area contributed by atoms with Crippen LogP contribution in [0.3, 0.4) is 0 Å². The Morgan fingerprint density at radius 2 is 2.35 bits per heavy atom. The van der Waals surface area contributed by atoms with Gasteiger partial charge >= 0.3 is 5.97 Å². The van der Waals surface area contributed by atoms with Crippen LogP contribution in [0.15, 0.2) is 18.2 Å². The number of hydrogen-bond acceptors (Lipinski definition) is 5. The summed E-state index contributed by atoms with van der Waals surface area (Å²) >= 11 is 0. The minimum atomic E-state index is -0.370. The molecule has 17 heavy (non-hydrogen) atoms. The summed E-state index contributed by atoms with van der Waals surface area (Å²) in [6.45, 7) is 4.67. The molecule has 0 saturated carbocycles. The highest BCUT2D eigenvalue weighted by atomic mass is 16.5. The zero-order chi connectivity index (χ0) is 12.3. The molecule has 5 nitrogen and oxygen atoms in total. The second-order valence-corrected chi connectivity index (χ2v) is 4.11. The molecule has 1 aliphatic rings. The lowest BCUT2D eigenvalue weighted by Crippen LogP contribution is -2.50. The molecule has 0 amide bonds. The number of nitrogens with zero attached hydrogens (tertiary/aromatic N) is 2. The quantitative estimate of drug-likeness (QED) is 0.776. The molecule has 0 aliphatic carbocycles. The molecule has 0 unspecified atom stereocenters. The van der Waals surface area contributed by atoms with Gasteiger partial charge in [0.2, 0.25) is 0 Å². The van der Waals surface area contributed by atoms with Gasteiger partial charge in [-0.3, -0.25) is 0 Å². The Morgan fingerprint density at radius 3 is 3.00 bits per heavy atom. The van der Waals surface area contributed by atoms with Gasteiger partial charge in [0.25, 0.3) is 0 Å². The number of hydrogen-bond donors (Lipinski definition) is 1. The summed E-state index contributed by atoms with van der Waals surface area (Å²) in [6, 6.07) is 5.39. The van der Waals surface area contributed by atoms with E-state index < -0.39 is 0 Å². The maximum Gasteiger partial charge on any atom is 0.356 e. The van der Waals surface area contributed by atoms with Crippen molar-refractivity contribution in [2.75, 3.05) is 31.1 Å². The number of pyridine rings is 1. The van der Waals surface area contributed by atoms with Crippen LogP contribution in [0, 0.1) is 5.92 Å². The molecule has 92 valence electrons. The first kappa shape index (κ1) is 11.9. The highest BCUT2D eigenvalue weighted by Crippen LogP contribution is 2.22. The first-order valence-electron chi connectivity index (χ1n) is 5.83. The third-order valence-corrected chi connectivity index (χ3v) is 2.83. The molecule has 2 rings (SSSR count). The predicted octanol–water partition coefficient (Wildman–Crippen LogP) is 0.653. The first-order chi connectivity index (χ1) is 8.24. The second-order valence-electron chi connectivity index (χ2n) is 4.11. The molecular formula is C12H17N3O2. The van der Waals surface area contributed by atoms with E-state index in [1.165, 1.54) is 0 Å². The molecule has 2 N–H and O–H groups in total. The highest BCUT2D eigenvalue weighted by Gasteiger charge is 2.26. The van der Waals surface area contributed by atoms with Crippen molar-refractivity contribution in [2.24, 2.45) is 11.7 Å². The van der Waals surface area contributed by atoms with Gasteiger partial charge in [-0.05, 0) is 25.6 Å². The Bertz CT molecular complexity index is 402. The van der Waals surface area contributed by atoms with Crippen molar-refractivity contribution < 1.29 is 9.53 Å². The molecule has 0 spiro atoms. The summed E-state index contributed by atoms with van der Waals surface area (Å²) in [5.74, 6) is 0.994. The number of carbonyl (C=O) groups is 1. The summed E-state index contributed by atoms with van der Waals surface area (Å²) in [5, 5.41) is 0. The number of nitrogens with two attached hydrogens (primary N) is 1. The summed E-state index contributed by atoms with van der Waals surface area (Å²) < 4.78 is 4.92. The number of rotatable bonds is 4. The predicted molar refractivity (Wildman–Crippen MR) is 65.0 cm³/mol. The standard InChI is InChI=1S/C12H17N3O2/c1-2-17-12(16)10-4-3-5-11(14-10)15-7-9(6-13)8-15/h3-5,9H,2,6-8,13H2,1H3. The van der Waals surface area contributed by atoms with Gasteiger partial charge in [-0.1, -0.05) is 6.07 Å². The molecule has 0 bridgehead atoms. The summed E-state index contributed by atoms with van der Waals surface area (Å²) in [7, 11) is 0. The Labute approximate surface area is 101 Å². The minimum Gasteiger partial charge on any atom is -0.461 e. The Morgan fingerprint density at radius 1 is 1.59 bits per heavy atom. The van der Waals surface area contributed by atoms with E-state index in [0.717, 1.165) is 18.9 Å². The fourth-order valence-electron chi connectivity index (χ4n) is 1.82. The summed E-state index contributed by atoms with van der Waals surface area (Å²) in [4.78, 5) is 17.9. The number of ether oxygens (including phenoxy) is 1. The molecule has 2 heterocycles. The van der Waals surface area contributed by atoms with Crippen LogP contribution >= 0.6 is 0 Å². The average Bonchev–Trinajstić information content (AvgIpc) is 2.28. The maximum absolute atomic E-state index is 11.5. The van der Waals surface area contributed by atoms with E-state index in [1.54, 1.807) is 13.0 Å². The van der Waals surface area contributed by atoms with E-state index in [0.29, 0.717) is 24.8 Å². The van der Waals surface area contributed by atoms with Crippen LogP contribution in [0.25, 0.3) is 0 Å². The van der Waals surface area contributed by atoms with Crippen molar-refractivity contribution in [3.8, 4) is 0 Å². The Hall–Kier alpha value is -1.62. The Kier molecular flexibility index (Phi) is 3.58. The van der Waals surface area contributed by atoms with E-state index in [1.807, 2.05) is 12.1 Å². The molecular weight excluding hydrogens is 218 g/mol. The minimum absolute atomic E-state index is 0.362. The summed E-state index contributed by atoms with van der Waals surface area (Å²) in [6.07, 6.45) is 0. The van der Waals surface area contributed by atoms with E-state index in [-0.39, 0.29) is 5.97 Å². The molecule has 0 aromatic carbocycles. The third-order valence-electron chi connectivity index (χ3n) is 2.83. The van der Waals surface area contributed by atoms with Crippen molar-refractivity contribution in [3.63, 3.8) is 0 Å². The average molecular weight is 235 g/mol. The number of anilines is 1. The monoisotopic (exact) mass is 235 g/mol. The van der Waals surface area contributed by atoms with Gasteiger partial charge in [0.1, 0.15) is 5.82 Å². The molecule has 1 saturated heterocycles. The van der Waals surface area contributed by atoms with Crippen molar-refractivity contribution in [1.29, 1.82) is 0 Å². The molecule has 1 fully saturated rings. The van der Waals surface area contributed by atoms with E-state index >= 15 is 0 Å². The van der Waals surface area contributed by atoms with Crippen LogP contribution in [0.2, 0.25) is 0 Å². The topological polar surface area (TPSA) is 68.5 Å². The molecule has 1 aromatic rings. The second kappa shape index (κ2) is 5.14. The van der Waals surface area contributed by atoms with Gasteiger partial charge in [0.05, 0.1) is 6.61 Å². The highest BCUT2D eigenvalue weighted by molar-refractivity contribution is 5.87. The van der Waals surface area contributed by atoms with Crippen molar-refractivity contribution in [2.45, 2.75) is 6.92 Å². The van der Waals surface area contributed by atoms with Gasteiger partial charge in [-0.2, -0.15) is 0 Å². The summed E-state index contributed by atoms with van der Waals surface area (Å²) in [5.41, 5.74) is 5.93. The van der Waals surface area contributed by atoms with Crippen LogP contribution in [-0.2, 0) is 4.74 Å². The van der Waals surface area contributed by atoms with Crippen molar-refractivity contribution >= 4 is 11.8 Å². The molecule has 5 heteroatoms. The maximum atomic E-state index is 11.5. The van der Waals surface area contributed by atoms with Gasteiger partial charge in [0, 0.05) is 19.0 Å². The normalized spacial score (nSPS) is 15.5. The fraction of sp³-hybridized carbons (Fsp3) is 0.500. The number of esters is 1. The van der Waals surface area contributed by atoms with Crippen LogP contribution in [0.1, 0.15) is 17.4 Å². The first-order valence-corrected chi connectivity index (χ1v) is 5.83. The van der Waals surface area contributed by atoms with Crippen LogP contribution < -0.4 is 10.6 Å². The van der Waals surface area contributed by atoms with Crippen molar-refractivity contribution in [3.05, 3.63) is 23.9 Å². The zero-order valence-corrected chi connectivity index (χ0v) is 9.93. The van der Waals surface area contributed by atoms with Crippen LogP contribution in [0.5, 0.6) is 0 Å². The van der Waals surface area contributed by atoms with Gasteiger partial charge in [-0.15, -0.1) is 0 Å². The molecule has 0 radical (unpaired) electrons. The van der Waals surface area contributed by atoms with Gasteiger partial charge in [0.15, 0.2) is 5.69 Å². The Balaban J connectivity index is 2.05. The number of aromatic nitrogens is 1. The van der Waals surface area contributed by atoms with E-state index in [4.69, 9.17) is 10.5 Å². The molecule has 1 aromatic heterocycles. The molecule has 1 aliphatic heterocycles. The van der Waals surface area contributed by atoms with E-state index in [9.17, 15) is 4.79 Å². The zero-order valence-electron chi connectivity index (χ0n) is 9.93. The van der Waals surface area contributed by atoms with Gasteiger partial charge < -0.3 is 15.4 Å². The van der Waals surface area contributed by atoms with Crippen molar-refractivity contribution in [1.82, 2.24) is 4.98 Å². The lowest BCUT2D eigenvalue weighted by molar-refractivity contribution is 0.0519.